The Kier molecular flexibility index (Phi) is 5.74. The predicted octanol–water partition coefficient (Wildman–Crippen LogP) is 1.10. The van der Waals surface area contributed by atoms with Crippen LogP contribution in [0.3, 0.4) is 0 Å². The quantitative estimate of drug-likeness (QED) is 0.804. The number of anilines is 1. The van der Waals surface area contributed by atoms with Crippen molar-refractivity contribution in [1.82, 2.24) is 14.8 Å². The highest BCUT2D eigenvalue weighted by Crippen LogP contribution is 2.33. The minimum absolute atomic E-state index is 0.0416. The standard InChI is InChI=1S/C19H27N5O2/c1-22-10-11-24(17-5-3-4-16(14-20)21-17)15-19(22)7-6-18(25)23(9-8-19)12-13-26-2/h3-5H,6-13,15H2,1-2H3/t19-/m1/s1. The molecule has 1 aromatic heterocycles. The van der Waals surface area contributed by atoms with E-state index in [9.17, 15) is 4.79 Å². The van der Waals surface area contributed by atoms with Crippen LogP contribution in [0.1, 0.15) is 25.0 Å². The fraction of sp³-hybridized carbons (Fsp3) is 0.632. The Morgan fingerprint density at radius 2 is 2.15 bits per heavy atom. The lowest BCUT2D eigenvalue weighted by Crippen LogP contribution is -2.61. The second-order valence-corrected chi connectivity index (χ2v) is 7.18. The summed E-state index contributed by atoms with van der Waals surface area (Å²) < 4.78 is 5.14. The van der Waals surface area contributed by atoms with Gasteiger partial charge in [-0.15, -0.1) is 0 Å². The van der Waals surface area contributed by atoms with Crippen LogP contribution in [0.4, 0.5) is 5.82 Å². The molecule has 1 spiro atoms. The van der Waals surface area contributed by atoms with E-state index in [-0.39, 0.29) is 11.4 Å². The average Bonchev–Trinajstić information content (AvgIpc) is 2.82. The minimum atomic E-state index is -0.0416. The molecule has 0 aliphatic carbocycles. The maximum Gasteiger partial charge on any atom is 0.222 e. The van der Waals surface area contributed by atoms with Gasteiger partial charge in [-0.25, -0.2) is 4.98 Å². The number of nitriles is 1. The molecule has 0 saturated carbocycles. The lowest BCUT2D eigenvalue weighted by molar-refractivity contribution is -0.131. The first-order chi connectivity index (χ1) is 12.6. The predicted molar refractivity (Wildman–Crippen MR) is 98.8 cm³/mol. The van der Waals surface area contributed by atoms with Crippen molar-refractivity contribution in [2.45, 2.75) is 24.8 Å². The molecule has 2 saturated heterocycles. The molecule has 0 aromatic carbocycles. The van der Waals surface area contributed by atoms with Gasteiger partial charge in [0.1, 0.15) is 17.6 Å². The molecule has 2 fully saturated rings. The smallest absolute Gasteiger partial charge is 0.222 e. The lowest BCUT2D eigenvalue weighted by atomic mass is 9.86. The number of hydrogen-bond donors (Lipinski definition) is 0. The zero-order valence-electron chi connectivity index (χ0n) is 15.6. The van der Waals surface area contributed by atoms with E-state index in [1.54, 1.807) is 13.2 Å². The number of aromatic nitrogens is 1. The van der Waals surface area contributed by atoms with E-state index in [4.69, 9.17) is 10.00 Å². The van der Waals surface area contributed by atoms with Crippen molar-refractivity contribution >= 4 is 11.7 Å². The lowest BCUT2D eigenvalue weighted by Gasteiger charge is -2.49. The maximum atomic E-state index is 12.5. The molecule has 140 valence electrons. The van der Waals surface area contributed by atoms with Crippen LogP contribution in [0.5, 0.6) is 0 Å². The van der Waals surface area contributed by atoms with Crippen molar-refractivity contribution in [3.05, 3.63) is 23.9 Å². The van der Waals surface area contributed by atoms with Gasteiger partial charge in [0.15, 0.2) is 0 Å². The fourth-order valence-corrected chi connectivity index (χ4v) is 3.99. The van der Waals surface area contributed by atoms with Crippen molar-refractivity contribution in [2.75, 3.05) is 58.4 Å². The minimum Gasteiger partial charge on any atom is -0.383 e. The zero-order chi connectivity index (χ0) is 18.6. The molecule has 2 aliphatic rings. The van der Waals surface area contributed by atoms with Gasteiger partial charge in [-0.2, -0.15) is 5.26 Å². The molecule has 1 amide bonds. The summed E-state index contributed by atoms with van der Waals surface area (Å²) in [5.74, 6) is 1.07. The number of likely N-dealkylation sites (N-methyl/N-ethyl adjacent to an activating group) is 1. The Hall–Kier alpha value is -2.17. The van der Waals surface area contributed by atoms with E-state index in [1.807, 2.05) is 17.0 Å². The number of rotatable bonds is 4. The summed E-state index contributed by atoms with van der Waals surface area (Å²) in [6.07, 6.45) is 2.35. The maximum absolute atomic E-state index is 12.5. The summed E-state index contributed by atoms with van der Waals surface area (Å²) in [6.45, 7) is 4.62. The highest BCUT2D eigenvalue weighted by Gasteiger charge is 2.42. The Labute approximate surface area is 155 Å². The van der Waals surface area contributed by atoms with E-state index in [2.05, 4.69) is 27.9 Å². The number of carbonyl (C=O) groups excluding carboxylic acids is 1. The van der Waals surface area contributed by atoms with Crippen molar-refractivity contribution in [1.29, 1.82) is 5.26 Å². The summed E-state index contributed by atoms with van der Waals surface area (Å²) in [6, 6.07) is 7.69. The van der Waals surface area contributed by atoms with Gasteiger partial charge in [-0.05, 0) is 32.0 Å². The molecule has 0 unspecified atom stereocenters. The Morgan fingerprint density at radius 3 is 2.92 bits per heavy atom. The van der Waals surface area contributed by atoms with Crippen LogP contribution in [-0.4, -0.2) is 79.7 Å². The molecule has 0 N–H and O–H groups in total. The van der Waals surface area contributed by atoms with Crippen LogP contribution in [0.15, 0.2) is 18.2 Å². The van der Waals surface area contributed by atoms with Crippen LogP contribution < -0.4 is 4.90 Å². The number of pyridine rings is 1. The van der Waals surface area contributed by atoms with Crippen molar-refractivity contribution < 1.29 is 9.53 Å². The summed E-state index contributed by atoms with van der Waals surface area (Å²) in [5, 5.41) is 9.12. The van der Waals surface area contributed by atoms with Gasteiger partial charge in [-0.3, -0.25) is 9.69 Å². The number of methoxy groups -OCH3 is 1. The molecule has 3 rings (SSSR count). The van der Waals surface area contributed by atoms with Gasteiger partial charge in [-0.1, -0.05) is 6.07 Å². The topological polar surface area (TPSA) is 72.7 Å². The van der Waals surface area contributed by atoms with E-state index in [0.717, 1.165) is 44.8 Å². The first kappa shape index (κ1) is 18.6. The van der Waals surface area contributed by atoms with E-state index in [1.165, 1.54) is 0 Å². The second-order valence-electron chi connectivity index (χ2n) is 7.18. The third kappa shape index (κ3) is 3.81. The Bertz CT molecular complexity index is 689. The van der Waals surface area contributed by atoms with Gasteiger partial charge in [0.2, 0.25) is 5.91 Å². The third-order valence-electron chi connectivity index (χ3n) is 5.74. The molecule has 1 atom stereocenters. The molecule has 2 aliphatic heterocycles. The highest BCUT2D eigenvalue weighted by molar-refractivity contribution is 5.76. The van der Waals surface area contributed by atoms with Crippen LogP contribution in [0, 0.1) is 11.3 Å². The first-order valence-electron chi connectivity index (χ1n) is 9.18. The molecule has 0 radical (unpaired) electrons. The number of likely N-dealkylation sites (tertiary alicyclic amines) is 1. The fourth-order valence-electron chi connectivity index (χ4n) is 3.99. The van der Waals surface area contributed by atoms with Gasteiger partial charge < -0.3 is 14.5 Å². The number of piperazine rings is 1. The SMILES string of the molecule is COCCN1CC[C@]2(CCC1=O)CN(c1cccc(C#N)n1)CCN2C. The van der Waals surface area contributed by atoms with E-state index < -0.39 is 0 Å². The number of carbonyl (C=O) groups is 1. The Morgan fingerprint density at radius 1 is 1.31 bits per heavy atom. The number of ether oxygens (including phenoxy) is 1. The van der Waals surface area contributed by atoms with Crippen molar-refractivity contribution in [3.8, 4) is 6.07 Å². The van der Waals surface area contributed by atoms with Gasteiger partial charge in [0.05, 0.1) is 6.61 Å². The van der Waals surface area contributed by atoms with Crippen LogP contribution in [-0.2, 0) is 9.53 Å². The molecule has 0 bridgehead atoms. The monoisotopic (exact) mass is 357 g/mol. The molecular weight excluding hydrogens is 330 g/mol. The van der Waals surface area contributed by atoms with Gasteiger partial charge in [0.25, 0.3) is 0 Å². The largest absolute Gasteiger partial charge is 0.383 e. The summed E-state index contributed by atoms with van der Waals surface area (Å²) >= 11 is 0. The van der Waals surface area contributed by atoms with E-state index >= 15 is 0 Å². The molecular formula is C19H27N5O2. The van der Waals surface area contributed by atoms with Crippen LogP contribution in [0.25, 0.3) is 0 Å². The highest BCUT2D eigenvalue weighted by atomic mass is 16.5. The molecule has 26 heavy (non-hydrogen) atoms. The molecule has 1 aromatic rings. The number of nitrogens with zero attached hydrogens (tertiary/aromatic N) is 5. The van der Waals surface area contributed by atoms with Crippen molar-refractivity contribution in [2.24, 2.45) is 0 Å². The molecule has 7 nitrogen and oxygen atoms in total. The van der Waals surface area contributed by atoms with E-state index in [0.29, 0.717) is 25.3 Å². The van der Waals surface area contributed by atoms with Crippen LogP contribution in [0.2, 0.25) is 0 Å². The van der Waals surface area contributed by atoms with Gasteiger partial charge in [0, 0.05) is 51.8 Å². The van der Waals surface area contributed by atoms with Gasteiger partial charge >= 0.3 is 0 Å². The average molecular weight is 357 g/mol. The summed E-state index contributed by atoms with van der Waals surface area (Å²) in [5.41, 5.74) is 0.400. The zero-order valence-corrected chi connectivity index (χ0v) is 15.6. The Balaban J connectivity index is 1.77. The first-order valence-corrected chi connectivity index (χ1v) is 9.18. The molecule has 7 heteroatoms. The van der Waals surface area contributed by atoms with Crippen LogP contribution >= 0.6 is 0 Å². The second kappa shape index (κ2) is 8.02. The number of hydrogen-bond acceptors (Lipinski definition) is 6. The number of amides is 1. The normalized spacial score (nSPS) is 24.6. The third-order valence-corrected chi connectivity index (χ3v) is 5.74. The van der Waals surface area contributed by atoms with Crippen molar-refractivity contribution in [3.63, 3.8) is 0 Å². The summed E-state index contributed by atoms with van der Waals surface area (Å²) in [7, 11) is 3.82. The summed E-state index contributed by atoms with van der Waals surface area (Å²) in [4.78, 5) is 23.5. The molecule has 3 heterocycles.